The lowest BCUT2D eigenvalue weighted by atomic mass is 10.1. The van der Waals surface area contributed by atoms with E-state index in [0.717, 1.165) is 12.9 Å². The summed E-state index contributed by atoms with van der Waals surface area (Å²) >= 11 is 10.0. The fourth-order valence-electron chi connectivity index (χ4n) is 7.77. The van der Waals surface area contributed by atoms with Crippen LogP contribution in [0.25, 0.3) is 76.5 Å². The van der Waals surface area contributed by atoms with Crippen molar-refractivity contribution in [3.63, 3.8) is 0 Å². The molecule has 1 aliphatic rings. The first kappa shape index (κ1) is 36.1. The van der Waals surface area contributed by atoms with Gasteiger partial charge in [0, 0.05) is 54.1 Å². The number of halogens is 3. The molecule has 1 aliphatic heterocycles. The smallest absolute Gasteiger partial charge is 0.239 e. The van der Waals surface area contributed by atoms with Crippen LogP contribution in [-0.4, -0.2) is 24.9 Å². The summed E-state index contributed by atoms with van der Waals surface area (Å²) in [6.07, 6.45) is 0.703. The van der Waals surface area contributed by atoms with Crippen LogP contribution in [-0.2, 0) is 9.59 Å². The molecule has 0 saturated carbocycles. The second-order valence-electron chi connectivity index (χ2n) is 13.6. The second-order valence-corrected chi connectivity index (χ2v) is 16.1. The average molecular weight is 923 g/mol. The van der Waals surface area contributed by atoms with Gasteiger partial charge < -0.3 is 9.13 Å². The predicted octanol–water partition coefficient (Wildman–Crippen LogP) is 13.8. The Bertz CT molecular complexity index is 3010. The predicted molar refractivity (Wildman–Crippen MR) is 242 cm³/mol. The van der Waals surface area contributed by atoms with Crippen LogP contribution in [0.5, 0.6) is 0 Å². The molecule has 272 valence electrons. The fourth-order valence-corrected chi connectivity index (χ4v) is 8.84. The van der Waals surface area contributed by atoms with E-state index in [2.05, 4.69) is 227 Å². The molecule has 0 N–H and O–H groups in total. The molecule has 0 atom stereocenters. The second kappa shape index (κ2) is 15.2. The summed E-state index contributed by atoms with van der Waals surface area (Å²) in [5.74, 6) is -0.287. The highest BCUT2D eigenvalue weighted by atomic mass is 79.9. The molecule has 10 aromatic rings. The maximum absolute atomic E-state index is 10.4. The molecule has 5 nitrogen and oxygen atoms in total. The number of imide groups is 1. The largest absolute Gasteiger partial charge is 0.309 e. The number of rotatable bonds is 2. The standard InChI is InChI=1S/C22H13Br2N.C22H15N.C4H4BrNO2/c23-15-8-10-21-18(12-15)19-13-16(24)9-11-22(19)25(21)20-7-3-5-14-4-1-2-6-17(14)20;1-2-10-17-16(8-1)9-7-15-20(17)23-21-13-5-3-11-18(21)19-12-4-6-14-22(19)23;5-6-3(7)1-2-4(6)8/h1-13H;1-15H;1-2H2. The number of nitrogens with zero attached hydrogens (tertiary/aromatic N) is 3. The van der Waals surface area contributed by atoms with E-state index in [1.54, 1.807) is 0 Å². The topological polar surface area (TPSA) is 47.2 Å². The van der Waals surface area contributed by atoms with Crippen molar-refractivity contribution in [2.45, 2.75) is 12.8 Å². The number of aromatic nitrogens is 2. The lowest BCUT2D eigenvalue weighted by Gasteiger charge is -2.11. The Morgan fingerprint density at radius 1 is 0.375 bits per heavy atom. The van der Waals surface area contributed by atoms with Crippen molar-refractivity contribution in [2.24, 2.45) is 0 Å². The van der Waals surface area contributed by atoms with Crippen LogP contribution in [0, 0.1) is 0 Å². The SMILES string of the molecule is Brc1ccc2c(c1)c1cc(Br)ccc1n2-c1cccc2ccccc12.O=C1CCC(=O)N1Br.c1ccc2c(-n3c4ccccc4c4ccccc43)cccc2c1. The molecule has 0 unspecified atom stereocenters. The van der Waals surface area contributed by atoms with Crippen molar-refractivity contribution in [3.05, 3.63) is 179 Å². The van der Waals surface area contributed by atoms with Crippen LogP contribution in [0.4, 0.5) is 0 Å². The van der Waals surface area contributed by atoms with Gasteiger partial charge in [-0.15, -0.1) is 0 Å². The van der Waals surface area contributed by atoms with Crippen LogP contribution in [0.3, 0.4) is 0 Å². The van der Waals surface area contributed by atoms with Crippen molar-refractivity contribution >= 4 is 125 Å². The molecule has 2 aromatic heterocycles. The summed E-state index contributed by atoms with van der Waals surface area (Å²) in [6, 6.07) is 60.4. The van der Waals surface area contributed by atoms with Crippen molar-refractivity contribution in [2.75, 3.05) is 0 Å². The van der Waals surface area contributed by atoms with Gasteiger partial charge in [0.25, 0.3) is 0 Å². The quantitative estimate of drug-likeness (QED) is 0.128. The first-order chi connectivity index (χ1) is 27.4. The van der Waals surface area contributed by atoms with Gasteiger partial charge in [0.15, 0.2) is 0 Å². The molecule has 8 heteroatoms. The molecule has 3 heterocycles. The van der Waals surface area contributed by atoms with Gasteiger partial charge in [-0.1, -0.05) is 141 Å². The maximum Gasteiger partial charge on any atom is 0.239 e. The highest BCUT2D eigenvalue weighted by Crippen LogP contribution is 2.38. The number of para-hydroxylation sites is 2. The minimum Gasteiger partial charge on any atom is -0.309 e. The van der Waals surface area contributed by atoms with Gasteiger partial charge in [-0.05, 0) is 71.4 Å². The summed E-state index contributed by atoms with van der Waals surface area (Å²) < 4.78 is 7.92. The lowest BCUT2D eigenvalue weighted by Crippen LogP contribution is -2.16. The monoisotopic (exact) mass is 919 g/mol. The highest BCUT2D eigenvalue weighted by molar-refractivity contribution is 9.10. The molecule has 8 aromatic carbocycles. The number of amides is 2. The third-order valence-electron chi connectivity index (χ3n) is 10.3. The van der Waals surface area contributed by atoms with Crippen LogP contribution < -0.4 is 0 Å². The lowest BCUT2D eigenvalue weighted by molar-refractivity contribution is -0.131. The van der Waals surface area contributed by atoms with Gasteiger partial charge >= 0.3 is 0 Å². The Morgan fingerprint density at radius 2 is 0.732 bits per heavy atom. The minimum atomic E-state index is -0.144. The summed E-state index contributed by atoms with van der Waals surface area (Å²) in [4.78, 5) is 20.9. The van der Waals surface area contributed by atoms with Crippen LogP contribution in [0.1, 0.15) is 12.8 Å². The molecule has 1 saturated heterocycles. The van der Waals surface area contributed by atoms with E-state index >= 15 is 0 Å². The summed E-state index contributed by atoms with van der Waals surface area (Å²) in [5, 5.41) is 10.2. The molecular weight excluding hydrogens is 890 g/mol. The van der Waals surface area contributed by atoms with Gasteiger partial charge in [0.05, 0.1) is 49.6 Å². The molecule has 0 radical (unpaired) electrons. The highest BCUT2D eigenvalue weighted by Gasteiger charge is 2.26. The molecule has 2 amide bonds. The molecule has 56 heavy (non-hydrogen) atoms. The van der Waals surface area contributed by atoms with Crippen LogP contribution in [0.15, 0.2) is 179 Å². The Labute approximate surface area is 348 Å². The van der Waals surface area contributed by atoms with E-state index in [9.17, 15) is 9.59 Å². The van der Waals surface area contributed by atoms with Crippen molar-refractivity contribution in [3.8, 4) is 11.4 Å². The number of carbonyl (C=O) groups is 2. The Hall–Kier alpha value is -5.54. The summed E-state index contributed by atoms with van der Waals surface area (Å²) in [7, 11) is 0. The fraction of sp³-hybridized carbons (Fsp3) is 0.0417. The minimum absolute atomic E-state index is 0.144. The van der Waals surface area contributed by atoms with Gasteiger partial charge in [-0.25, -0.2) is 3.93 Å². The van der Waals surface area contributed by atoms with E-state index in [-0.39, 0.29) is 11.8 Å². The van der Waals surface area contributed by atoms with E-state index in [1.807, 2.05) is 0 Å². The number of hydrogen-bond donors (Lipinski definition) is 0. The molecule has 0 bridgehead atoms. The summed E-state index contributed by atoms with van der Waals surface area (Å²) in [5.41, 5.74) is 7.39. The maximum atomic E-state index is 10.4. The normalized spacial score (nSPS) is 12.8. The van der Waals surface area contributed by atoms with Crippen molar-refractivity contribution in [1.29, 1.82) is 0 Å². The van der Waals surface area contributed by atoms with Gasteiger partial charge in [0.1, 0.15) is 0 Å². The van der Waals surface area contributed by atoms with Crippen molar-refractivity contribution < 1.29 is 9.59 Å². The molecular formula is C48H32Br3N3O2. The zero-order valence-corrected chi connectivity index (χ0v) is 34.6. The van der Waals surface area contributed by atoms with E-state index in [1.165, 1.54) is 76.5 Å². The Balaban J connectivity index is 0.000000123. The van der Waals surface area contributed by atoms with Crippen LogP contribution in [0.2, 0.25) is 0 Å². The molecule has 1 fully saturated rings. The van der Waals surface area contributed by atoms with Gasteiger partial charge in [0.2, 0.25) is 11.8 Å². The zero-order chi connectivity index (χ0) is 38.3. The van der Waals surface area contributed by atoms with E-state index in [0.29, 0.717) is 12.8 Å². The number of benzene rings is 8. The third kappa shape index (κ3) is 6.51. The number of hydrogen-bond acceptors (Lipinski definition) is 2. The number of carbonyl (C=O) groups excluding carboxylic acids is 2. The summed E-state index contributed by atoms with van der Waals surface area (Å²) in [6.45, 7) is 0. The Morgan fingerprint density at radius 3 is 1.14 bits per heavy atom. The third-order valence-corrected chi connectivity index (χ3v) is 12.1. The number of fused-ring (bicyclic) bond motifs is 8. The van der Waals surface area contributed by atoms with Gasteiger partial charge in [-0.2, -0.15) is 0 Å². The molecule has 0 spiro atoms. The van der Waals surface area contributed by atoms with Gasteiger partial charge in [-0.3, -0.25) is 9.59 Å². The van der Waals surface area contributed by atoms with Crippen LogP contribution >= 0.6 is 48.0 Å². The zero-order valence-electron chi connectivity index (χ0n) is 29.9. The van der Waals surface area contributed by atoms with E-state index < -0.39 is 0 Å². The van der Waals surface area contributed by atoms with E-state index in [4.69, 9.17) is 0 Å². The van der Waals surface area contributed by atoms with Crippen molar-refractivity contribution in [1.82, 2.24) is 13.1 Å². The molecule has 11 rings (SSSR count). The Kier molecular flexibility index (Phi) is 9.79. The molecule has 0 aliphatic carbocycles. The average Bonchev–Trinajstić information content (AvgIpc) is 3.85. The first-order valence-electron chi connectivity index (χ1n) is 18.2. The first-order valence-corrected chi connectivity index (χ1v) is 20.5.